The molecule has 2 rings (SSSR count). The molecule has 2 aromatic heterocycles. The van der Waals surface area contributed by atoms with Gasteiger partial charge < -0.3 is 9.88 Å². The van der Waals surface area contributed by atoms with Crippen LogP contribution < -0.4 is 5.32 Å². The second-order valence-corrected chi connectivity index (χ2v) is 4.51. The van der Waals surface area contributed by atoms with Crippen molar-refractivity contribution in [3.8, 4) is 0 Å². The van der Waals surface area contributed by atoms with Crippen LogP contribution in [0.3, 0.4) is 0 Å². The Morgan fingerprint density at radius 2 is 2.36 bits per heavy atom. The highest BCUT2D eigenvalue weighted by Gasteiger charge is 2.02. The maximum Gasteiger partial charge on any atom is 0.202 e. The number of imidazole rings is 1. The number of nitrogens with zero attached hydrogens (tertiary/aromatic N) is 2. The molecule has 0 spiro atoms. The van der Waals surface area contributed by atoms with Gasteiger partial charge in [-0.25, -0.2) is 4.98 Å². The van der Waals surface area contributed by atoms with Gasteiger partial charge in [0.2, 0.25) is 5.95 Å². The quantitative estimate of drug-likeness (QED) is 0.837. The van der Waals surface area contributed by atoms with E-state index in [9.17, 15) is 0 Å². The summed E-state index contributed by atoms with van der Waals surface area (Å²) in [6.45, 7) is 3.02. The largest absolute Gasteiger partial charge is 0.359 e. The molecule has 3 nitrogen and oxygen atoms in total. The standard InChI is InChI=1S/C10H13N3S/c1-8-3-4-9(14-8)7-13-6-5-12-10(13)11-2/h3-6H,7H2,1-2H3,(H,11,12). The SMILES string of the molecule is CNc1nccn1Cc1ccc(C)s1. The van der Waals surface area contributed by atoms with E-state index in [4.69, 9.17) is 0 Å². The third kappa shape index (κ3) is 1.80. The Kier molecular flexibility index (Phi) is 2.54. The highest BCUT2D eigenvalue weighted by atomic mass is 32.1. The molecule has 0 aliphatic rings. The van der Waals surface area contributed by atoms with Crippen LogP contribution in [0, 0.1) is 6.92 Å². The fourth-order valence-electron chi connectivity index (χ4n) is 1.40. The topological polar surface area (TPSA) is 29.9 Å². The first-order valence-corrected chi connectivity index (χ1v) is 5.35. The molecule has 0 saturated carbocycles. The second-order valence-electron chi connectivity index (χ2n) is 3.14. The van der Waals surface area contributed by atoms with Crippen molar-refractivity contribution in [2.24, 2.45) is 0 Å². The van der Waals surface area contributed by atoms with Gasteiger partial charge in [-0.15, -0.1) is 11.3 Å². The van der Waals surface area contributed by atoms with Crippen LogP contribution in [-0.4, -0.2) is 16.6 Å². The average molecular weight is 207 g/mol. The lowest BCUT2D eigenvalue weighted by molar-refractivity contribution is 0.818. The Labute approximate surface area is 87.4 Å². The van der Waals surface area contributed by atoms with E-state index in [1.165, 1.54) is 9.75 Å². The van der Waals surface area contributed by atoms with E-state index >= 15 is 0 Å². The highest BCUT2D eigenvalue weighted by Crippen LogP contribution is 2.17. The first kappa shape index (κ1) is 9.27. The monoisotopic (exact) mass is 207 g/mol. The third-order valence-corrected chi connectivity index (χ3v) is 3.05. The molecule has 0 radical (unpaired) electrons. The molecule has 0 bridgehead atoms. The number of thiophene rings is 1. The molecule has 0 saturated heterocycles. The lowest BCUT2D eigenvalue weighted by Gasteiger charge is -2.04. The van der Waals surface area contributed by atoms with Crippen molar-refractivity contribution in [2.75, 3.05) is 12.4 Å². The molecule has 0 unspecified atom stereocenters. The van der Waals surface area contributed by atoms with E-state index < -0.39 is 0 Å². The number of rotatable bonds is 3. The second kappa shape index (κ2) is 3.84. The lowest BCUT2D eigenvalue weighted by Crippen LogP contribution is -2.02. The first-order valence-electron chi connectivity index (χ1n) is 4.54. The van der Waals surface area contributed by atoms with E-state index in [0.29, 0.717) is 0 Å². The van der Waals surface area contributed by atoms with Crippen LogP contribution in [-0.2, 0) is 6.54 Å². The summed E-state index contributed by atoms with van der Waals surface area (Å²) >= 11 is 1.83. The molecule has 0 aliphatic heterocycles. The van der Waals surface area contributed by atoms with Crippen molar-refractivity contribution in [1.29, 1.82) is 0 Å². The van der Waals surface area contributed by atoms with E-state index in [2.05, 4.69) is 33.9 Å². The molecule has 74 valence electrons. The summed E-state index contributed by atoms with van der Waals surface area (Å²) in [4.78, 5) is 6.91. The minimum Gasteiger partial charge on any atom is -0.359 e. The third-order valence-electron chi connectivity index (χ3n) is 2.06. The smallest absolute Gasteiger partial charge is 0.202 e. The molecule has 2 aromatic rings. The minimum atomic E-state index is 0.898. The molecular formula is C10H13N3S. The number of aryl methyl sites for hydroxylation is 1. The van der Waals surface area contributed by atoms with Crippen LogP contribution >= 0.6 is 11.3 Å². The molecular weight excluding hydrogens is 194 g/mol. The van der Waals surface area contributed by atoms with Crippen LogP contribution in [0.1, 0.15) is 9.75 Å². The zero-order valence-electron chi connectivity index (χ0n) is 8.32. The zero-order chi connectivity index (χ0) is 9.97. The zero-order valence-corrected chi connectivity index (χ0v) is 9.14. The normalized spacial score (nSPS) is 10.4. The van der Waals surface area contributed by atoms with Gasteiger partial charge in [0, 0.05) is 29.2 Å². The molecule has 0 atom stereocenters. The Balaban J connectivity index is 2.18. The fraction of sp³-hybridized carbons (Fsp3) is 0.300. The molecule has 2 heterocycles. The molecule has 4 heteroatoms. The van der Waals surface area contributed by atoms with E-state index in [0.717, 1.165) is 12.5 Å². The van der Waals surface area contributed by atoms with Gasteiger partial charge in [0.25, 0.3) is 0 Å². The van der Waals surface area contributed by atoms with E-state index in [-0.39, 0.29) is 0 Å². The maximum absolute atomic E-state index is 4.19. The molecule has 0 aromatic carbocycles. The Bertz CT molecular complexity index is 416. The molecule has 14 heavy (non-hydrogen) atoms. The molecule has 0 aliphatic carbocycles. The van der Waals surface area contributed by atoms with Crippen LogP contribution in [0.4, 0.5) is 5.95 Å². The first-order chi connectivity index (χ1) is 6.79. The van der Waals surface area contributed by atoms with Gasteiger partial charge in [-0.2, -0.15) is 0 Å². The summed E-state index contributed by atoms with van der Waals surface area (Å²) < 4.78 is 2.10. The summed E-state index contributed by atoms with van der Waals surface area (Å²) in [5, 5.41) is 3.06. The van der Waals surface area contributed by atoms with E-state index in [1.54, 1.807) is 0 Å². The minimum absolute atomic E-state index is 0.898. The van der Waals surface area contributed by atoms with Gasteiger partial charge in [-0.1, -0.05) is 0 Å². The van der Waals surface area contributed by atoms with Gasteiger partial charge in [0.1, 0.15) is 0 Å². The Morgan fingerprint density at radius 3 is 3.00 bits per heavy atom. The molecule has 0 fully saturated rings. The van der Waals surface area contributed by atoms with Crippen molar-refractivity contribution in [3.05, 3.63) is 34.3 Å². The number of hydrogen-bond acceptors (Lipinski definition) is 3. The van der Waals surface area contributed by atoms with E-state index in [1.807, 2.05) is 30.8 Å². The molecule has 0 amide bonds. The molecule has 1 N–H and O–H groups in total. The van der Waals surface area contributed by atoms with Crippen molar-refractivity contribution in [1.82, 2.24) is 9.55 Å². The lowest BCUT2D eigenvalue weighted by atomic mass is 10.4. The predicted molar refractivity (Wildman–Crippen MR) is 59.9 cm³/mol. The van der Waals surface area contributed by atoms with Gasteiger partial charge in [0.05, 0.1) is 6.54 Å². The van der Waals surface area contributed by atoms with Crippen molar-refractivity contribution in [3.63, 3.8) is 0 Å². The maximum atomic E-state index is 4.19. The van der Waals surface area contributed by atoms with Gasteiger partial charge in [-0.05, 0) is 19.1 Å². The van der Waals surface area contributed by atoms with Crippen LogP contribution in [0.5, 0.6) is 0 Å². The van der Waals surface area contributed by atoms with Crippen molar-refractivity contribution < 1.29 is 0 Å². The highest BCUT2D eigenvalue weighted by molar-refractivity contribution is 7.11. The average Bonchev–Trinajstić information content (AvgIpc) is 2.76. The number of nitrogens with one attached hydrogen (secondary N) is 1. The van der Waals surface area contributed by atoms with Gasteiger partial charge in [-0.3, -0.25) is 0 Å². The summed E-state index contributed by atoms with van der Waals surface area (Å²) in [6.07, 6.45) is 3.80. The Morgan fingerprint density at radius 1 is 1.50 bits per heavy atom. The summed E-state index contributed by atoms with van der Waals surface area (Å²) in [7, 11) is 1.89. The number of aromatic nitrogens is 2. The van der Waals surface area contributed by atoms with Crippen LogP contribution in [0.25, 0.3) is 0 Å². The summed E-state index contributed by atoms with van der Waals surface area (Å²) in [6, 6.07) is 4.31. The summed E-state index contributed by atoms with van der Waals surface area (Å²) in [5.74, 6) is 0.913. The van der Waals surface area contributed by atoms with Gasteiger partial charge in [0.15, 0.2) is 0 Å². The van der Waals surface area contributed by atoms with Gasteiger partial charge >= 0.3 is 0 Å². The van der Waals surface area contributed by atoms with Crippen molar-refractivity contribution in [2.45, 2.75) is 13.5 Å². The van der Waals surface area contributed by atoms with Crippen LogP contribution in [0.15, 0.2) is 24.5 Å². The summed E-state index contributed by atoms with van der Waals surface area (Å²) in [5.41, 5.74) is 0. The number of hydrogen-bond donors (Lipinski definition) is 1. The number of anilines is 1. The van der Waals surface area contributed by atoms with Crippen molar-refractivity contribution >= 4 is 17.3 Å². The predicted octanol–water partition coefficient (Wildman–Crippen LogP) is 2.34. The fourth-order valence-corrected chi connectivity index (χ4v) is 2.29. The Hall–Kier alpha value is -1.29. The van der Waals surface area contributed by atoms with Crippen LogP contribution in [0.2, 0.25) is 0 Å².